The number of carboxylic acid groups (broad SMARTS) is 1. The highest BCUT2D eigenvalue weighted by Crippen LogP contribution is 2.35. The molecule has 1 atom stereocenters. The van der Waals surface area contributed by atoms with Crippen LogP contribution in [0.5, 0.6) is 5.75 Å². The maximum absolute atomic E-state index is 11.5. The first-order chi connectivity index (χ1) is 9.99. The van der Waals surface area contributed by atoms with Gasteiger partial charge in [-0.05, 0) is 43.4 Å². The van der Waals surface area contributed by atoms with Crippen molar-refractivity contribution >= 4 is 22.6 Å². The minimum atomic E-state index is -0.768. The number of phenols is 1. The maximum atomic E-state index is 11.5. The molecule has 1 aliphatic heterocycles. The van der Waals surface area contributed by atoms with Gasteiger partial charge in [-0.3, -0.25) is 4.79 Å². The quantitative estimate of drug-likeness (QED) is 0.887. The number of anilines is 1. The number of phenolic OH excluding ortho intramolecular Hbond substituents is 1. The molecule has 1 unspecified atom stereocenters. The fourth-order valence-electron chi connectivity index (χ4n) is 2.99. The lowest BCUT2D eigenvalue weighted by atomic mass is 9.82. The van der Waals surface area contributed by atoms with Crippen molar-refractivity contribution in [2.45, 2.75) is 19.8 Å². The average Bonchev–Trinajstić information content (AvgIpc) is 2.46. The summed E-state index contributed by atoms with van der Waals surface area (Å²) >= 11 is 0. The SMILES string of the molecule is CC1(C(=O)O)CCCN(c2nccc3ccc(O)cc23)C1. The van der Waals surface area contributed by atoms with Gasteiger partial charge in [0.25, 0.3) is 0 Å². The number of aromatic hydroxyl groups is 1. The van der Waals surface area contributed by atoms with Crippen molar-refractivity contribution in [1.82, 2.24) is 4.98 Å². The Morgan fingerprint density at radius 3 is 2.95 bits per heavy atom. The first kappa shape index (κ1) is 13.7. The van der Waals surface area contributed by atoms with Crippen molar-refractivity contribution in [3.05, 3.63) is 30.5 Å². The summed E-state index contributed by atoms with van der Waals surface area (Å²) in [4.78, 5) is 17.9. The summed E-state index contributed by atoms with van der Waals surface area (Å²) in [6, 6.07) is 7.06. The maximum Gasteiger partial charge on any atom is 0.311 e. The molecule has 1 aliphatic rings. The van der Waals surface area contributed by atoms with Gasteiger partial charge >= 0.3 is 5.97 Å². The smallest absolute Gasteiger partial charge is 0.311 e. The molecule has 0 bridgehead atoms. The number of piperidine rings is 1. The lowest BCUT2D eigenvalue weighted by Crippen LogP contribution is -2.46. The number of nitrogens with zero attached hydrogens (tertiary/aromatic N) is 2. The number of pyridine rings is 1. The first-order valence-corrected chi connectivity index (χ1v) is 7.06. The molecule has 21 heavy (non-hydrogen) atoms. The van der Waals surface area contributed by atoms with Crippen LogP contribution >= 0.6 is 0 Å². The third-order valence-electron chi connectivity index (χ3n) is 4.24. The molecular weight excluding hydrogens is 268 g/mol. The van der Waals surface area contributed by atoms with Crippen molar-refractivity contribution in [2.75, 3.05) is 18.0 Å². The number of rotatable bonds is 2. The summed E-state index contributed by atoms with van der Waals surface area (Å²) in [5, 5.41) is 21.0. The van der Waals surface area contributed by atoms with Crippen LogP contribution in [0.15, 0.2) is 30.5 Å². The largest absolute Gasteiger partial charge is 0.508 e. The Morgan fingerprint density at radius 2 is 2.19 bits per heavy atom. The predicted octanol–water partition coefficient (Wildman–Crippen LogP) is 2.63. The van der Waals surface area contributed by atoms with Crippen LogP contribution in [0.2, 0.25) is 0 Å². The number of carbonyl (C=O) groups is 1. The minimum absolute atomic E-state index is 0.190. The van der Waals surface area contributed by atoms with Gasteiger partial charge in [-0.2, -0.15) is 0 Å². The van der Waals surface area contributed by atoms with E-state index >= 15 is 0 Å². The molecule has 2 aromatic rings. The molecule has 0 saturated carbocycles. The Balaban J connectivity index is 2.04. The van der Waals surface area contributed by atoms with Gasteiger partial charge in [-0.1, -0.05) is 6.07 Å². The second kappa shape index (κ2) is 4.91. The fraction of sp³-hybridized carbons (Fsp3) is 0.375. The molecule has 0 aliphatic carbocycles. The van der Waals surface area contributed by atoms with Gasteiger partial charge < -0.3 is 15.1 Å². The average molecular weight is 286 g/mol. The second-order valence-corrected chi connectivity index (χ2v) is 5.93. The molecule has 0 spiro atoms. The molecular formula is C16H18N2O3. The van der Waals surface area contributed by atoms with Gasteiger partial charge in [0.2, 0.25) is 0 Å². The van der Waals surface area contributed by atoms with Gasteiger partial charge in [-0.25, -0.2) is 4.98 Å². The summed E-state index contributed by atoms with van der Waals surface area (Å²) < 4.78 is 0. The zero-order valence-corrected chi connectivity index (χ0v) is 11.9. The van der Waals surface area contributed by atoms with Crippen LogP contribution < -0.4 is 4.90 Å². The molecule has 110 valence electrons. The van der Waals surface area contributed by atoms with Crippen LogP contribution in [-0.2, 0) is 4.79 Å². The number of benzene rings is 1. The number of fused-ring (bicyclic) bond motifs is 1. The molecule has 1 aromatic carbocycles. The summed E-state index contributed by atoms with van der Waals surface area (Å²) in [6.07, 6.45) is 3.22. The van der Waals surface area contributed by atoms with Crippen molar-refractivity contribution in [3.63, 3.8) is 0 Å². The van der Waals surface area contributed by atoms with Gasteiger partial charge in [0, 0.05) is 24.7 Å². The van der Waals surface area contributed by atoms with E-state index in [1.807, 2.05) is 17.0 Å². The van der Waals surface area contributed by atoms with E-state index in [0.29, 0.717) is 13.0 Å². The van der Waals surface area contributed by atoms with Crippen molar-refractivity contribution in [2.24, 2.45) is 5.41 Å². The highest BCUT2D eigenvalue weighted by atomic mass is 16.4. The van der Waals surface area contributed by atoms with E-state index in [4.69, 9.17) is 0 Å². The fourth-order valence-corrected chi connectivity index (χ4v) is 2.99. The van der Waals surface area contributed by atoms with Gasteiger partial charge in [0.05, 0.1) is 5.41 Å². The zero-order valence-electron chi connectivity index (χ0n) is 11.9. The Morgan fingerprint density at radius 1 is 1.38 bits per heavy atom. The summed E-state index contributed by atoms with van der Waals surface area (Å²) in [6.45, 7) is 3.00. The lowest BCUT2D eigenvalue weighted by molar-refractivity contribution is -0.148. The number of hydrogen-bond donors (Lipinski definition) is 2. The topological polar surface area (TPSA) is 73.7 Å². The zero-order chi connectivity index (χ0) is 15.0. The standard InChI is InChI=1S/C16H18N2O3/c1-16(15(20)21)6-2-8-18(10-16)14-13-9-12(19)4-3-11(13)5-7-17-14/h3-5,7,9,19H,2,6,8,10H2,1H3,(H,20,21). The van der Waals surface area contributed by atoms with Gasteiger partial charge in [0.15, 0.2) is 0 Å². The summed E-state index contributed by atoms with van der Waals surface area (Å²) in [5.74, 6) is 0.167. The van der Waals surface area contributed by atoms with Crippen LogP contribution in [0.4, 0.5) is 5.82 Å². The van der Waals surface area contributed by atoms with Crippen molar-refractivity contribution in [3.8, 4) is 5.75 Å². The van der Waals surface area contributed by atoms with E-state index in [0.717, 1.165) is 29.6 Å². The number of hydrogen-bond acceptors (Lipinski definition) is 4. The number of carboxylic acids is 1. The third-order valence-corrected chi connectivity index (χ3v) is 4.24. The molecule has 1 aromatic heterocycles. The van der Waals surface area contributed by atoms with E-state index in [1.54, 1.807) is 25.3 Å². The highest BCUT2D eigenvalue weighted by Gasteiger charge is 2.38. The monoisotopic (exact) mass is 286 g/mol. The predicted molar refractivity (Wildman–Crippen MR) is 80.6 cm³/mol. The van der Waals surface area contributed by atoms with Gasteiger partial charge in [-0.15, -0.1) is 0 Å². The molecule has 2 N–H and O–H groups in total. The molecule has 1 fully saturated rings. The Kier molecular flexibility index (Phi) is 3.20. The first-order valence-electron chi connectivity index (χ1n) is 7.06. The minimum Gasteiger partial charge on any atom is -0.508 e. The van der Waals surface area contributed by atoms with Gasteiger partial charge in [0.1, 0.15) is 11.6 Å². The van der Waals surface area contributed by atoms with Crippen LogP contribution in [0.3, 0.4) is 0 Å². The molecule has 1 saturated heterocycles. The Hall–Kier alpha value is -2.30. The van der Waals surface area contributed by atoms with E-state index in [-0.39, 0.29) is 5.75 Å². The van der Waals surface area contributed by atoms with Crippen LogP contribution in [0.25, 0.3) is 10.8 Å². The van der Waals surface area contributed by atoms with Crippen LogP contribution in [-0.4, -0.2) is 34.3 Å². The number of aliphatic carboxylic acids is 1. The van der Waals surface area contributed by atoms with Crippen LogP contribution in [0.1, 0.15) is 19.8 Å². The van der Waals surface area contributed by atoms with E-state index in [1.165, 1.54) is 0 Å². The molecule has 5 nitrogen and oxygen atoms in total. The van der Waals surface area contributed by atoms with Crippen LogP contribution in [0, 0.1) is 5.41 Å². The Bertz CT molecular complexity index is 701. The molecule has 0 radical (unpaired) electrons. The van der Waals surface area contributed by atoms with E-state index in [9.17, 15) is 15.0 Å². The Labute approximate surface area is 122 Å². The second-order valence-electron chi connectivity index (χ2n) is 5.93. The molecule has 0 amide bonds. The normalized spacial score (nSPS) is 22.4. The van der Waals surface area contributed by atoms with Crippen molar-refractivity contribution in [1.29, 1.82) is 0 Å². The number of aromatic nitrogens is 1. The lowest BCUT2D eigenvalue weighted by Gasteiger charge is -2.38. The summed E-state index contributed by atoms with van der Waals surface area (Å²) in [7, 11) is 0. The van der Waals surface area contributed by atoms with E-state index < -0.39 is 11.4 Å². The molecule has 5 heteroatoms. The third kappa shape index (κ3) is 2.39. The van der Waals surface area contributed by atoms with Crippen molar-refractivity contribution < 1.29 is 15.0 Å². The van der Waals surface area contributed by atoms with E-state index in [2.05, 4.69) is 4.98 Å². The highest BCUT2D eigenvalue weighted by molar-refractivity contribution is 5.93. The summed E-state index contributed by atoms with van der Waals surface area (Å²) in [5.41, 5.74) is -0.751. The molecule has 2 heterocycles. The molecule has 3 rings (SSSR count).